The number of H-pyrrole nitrogens is 1. The molecule has 4 N–H and O–H groups in total. The topological polar surface area (TPSA) is 112 Å². The molecule has 0 saturated heterocycles. The summed E-state index contributed by atoms with van der Waals surface area (Å²) in [5.41, 5.74) is 1.59. The van der Waals surface area contributed by atoms with Crippen LogP contribution in [0.15, 0.2) is 30.5 Å². The molecule has 3 rings (SSSR count). The molecule has 2 aromatic heterocycles. The molecule has 9 heteroatoms. The Balaban J connectivity index is 2.17. The van der Waals surface area contributed by atoms with Crippen LogP contribution in [0.5, 0.6) is 0 Å². The van der Waals surface area contributed by atoms with Crippen LogP contribution in [-0.2, 0) is 0 Å². The highest BCUT2D eigenvalue weighted by Gasteiger charge is 2.18. The lowest BCUT2D eigenvalue weighted by molar-refractivity contribution is 0.0963. The predicted molar refractivity (Wildman–Crippen MR) is 95.4 cm³/mol. The number of benzene rings is 1. The summed E-state index contributed by atoms with van der Waals surface area (Å²) >= 11 is 0. The molecule has 2 heterocycles. The number of nitrogens with one attached hydrogen (secondary N) is 4. The second-order valence-corrected chi connectivity index (χ2v) is 5.40. The van der Waals surface area contributed by atoms with Crippen molar-refractivity contribution in [2.75, 3.05) is 18.9 Å². The van der Waals surface area contributed by atoms with Crippen LogP contribution in [0.1, 0.15) is 17.3 Å². The number of fused-ring (bicyclic) bond motifs is 1. The van der Waals surface area contributed by atoms with Gasteiger partial charge in [0.1, 0.15) is 17.0 Å². The van der Waals surface area contributed by atoms with Crippen LogP contribution in [0.25, 0.3) is 22.3 Å². The van der Waals surface area contributed by atoms with Gasteiger partial charge in [-0.2, -0.15) is 0 Å². The van der Waals surface area contributed by atoms with Crippen molar-refractivity contribution in [2.45, 2.75) is 6.92 Å². The maximum Gasteiger partial charge on any atom is 0.321 e. The van der Waals surface area contributed by atoms with Gasteiger partial charge in [0.15, 0.2) is 0 Å². The number of aromatic amines is 1. The van der Waals surface area contributed by atoms with Crippen LogP contribution in [0, 0.1) is 5.82 Å². The van der Waals surface area contributed by atoms with E-state index in [9.17, 15) is 14.0 Å². The molecule has 134 valence electrons. The SMILES string of the molecule is CCNC(=O)Nc1nc2c(-c3ncccc3F)cc(C(=O)NC)cc2[nH]1. The number of rotatable bonds is 4. The minimum Gasteiger partial charge on any atom is -0.355 e. The third-order valence-corrected chi connectivity index (χ3v) is 3.66. The van der Waals surface area contributed by atoms with Crippen LogP contribution in [0.4, 0.5) is 15.1 Å². The van der Waals surface area contributed by atoms with E-state index >= 15 is 0 Å². The number of carbonyl (C=O) groups excluding carboxylic acids is 2. The van der Waals surface area contributed by atoms with Gasteiger partial charge in [-0.25, -0.2) is 14.2 Å². The van der Waals surface area contributed by atoms with Crippen LogP contribution >= 0.6 is 0 Å². The lowest BCUT2D eigenvalue weighted by atomic mass is 10.0. The molecule has 0 spiro atoms. The van der Waals surface area contributed by atoms with Crippen LogP contribution in [0.3, 0.4) is 0 Å². The number of imidazole rings is 1. The van der Waals surface area contributed by atoms with E-state index < -0.39 is 11.8 Å². The molecule has 26 heavy (non-hydrogen) atoms. The number of pyridine rings is 1. The van der Waals surface area contributed by atoms with Crippen LogP contribution < -0.4 is 16.0 Å². The summed E-state index contributed by atoms with van der Waals surface area (Å²) < 4.78 is 14.3. The number of halogens is 1. The van der Waals surface area contributed by atoms with Gasteiger partial charge in [0, 0.05) is 30.9 Å². The van der Waals surface area contributed by atoms with Crippen molar-refractivity contribution in [3.05, 3.63) is 41.8 Å². The highest BCUT2D eigenvalue weighted by Crippen LogP contribution is 2.30. The van der Waals surface area contributed by atoms with Gasteiger partial charge in [-0.1, -0.05) is 0 Å². The monoisotopic (exact) mass is 356 g/mol. The quantitative estimate of drug-likeness (QED) is 0.574. The molecule has 0 radical (unpaired) electrons. The Morgan fingerprint density at radius 1 is 1.31 bits per heavy atom. The van der Waals surface area contributed by atoms with Gasteiger partial charge in [-0.15, -0.1) is 0 Å². The molecule has 0 saturated carbocycles. The zero-order chi connectivity index (χ0) is 18.7. The molecule has 3 amide bonds. The number of amides is 3. The summed E-state index contributed by atoms with van der Waals surface area (Å²) in [5, 5.41) is 7.67. The first-order valence-corrected chi connectivity index (χ1v) is 7.95. The molecular weight excluding hydrogens is 339 g/mol. The molecule has 1 aromatic carbocycles. The lowest BCUT2D eigenvalue weighted by Gasteiger charge is -2.06. The van der Waals surface area contributed by atoms with Gasteiger partial charge < -0.3 is 15.6 Å². The summed E-state index contributed by atoms with van der Waals surface area (Å²) in [7, 11) is 1.50. The summed E-state index contributed by atoms with van der Waals surface area (Å²) in [6.07, 6.45) is 1.46. The summed E-state index contributed by atoms with van der Waals surface area (Å²) in [5.74, 6) is -0.695. The first-order chi connectivity index (χ1) is 12.5. The smallest absolute Gasteiger partial charge is 0.321 e. The first-order valence-electron chi connectivity index (χ1n) is 7.95. The van der Waals surface area contributed by atoms with Gasteiger partial charge in [-0.3, -0.25) is 15.1 Å². The Bertz CT molecular complexity index is 985. The van der Waals surface area contributed by atoms with Gasteiger partial charge in [0.05, 0.1) is 5.52 Å². The predicted octanol–water partition coefficient (Wildman–Crippen LogP) is 2.26. The molecular formula is C17H17FN6O2. The minimum absolute atomic E-state index is 0.0688. The average Bonchev–Trinajstić information content (AvgIpc) is 3.03. The number of hydrogen-bond donors (Lipinski definition) is 4. The zero-order valence-corrected chi connectivity index (χ0v) is 14.2. The third-order valence-electron chi connectivity index (χ3n) is 3.66. The molecule has 3 aromatic rings. The number of urea groups is 1. The van der Waals surface area contributed by atoms with E-state index in [4.69, 9.17) is 0 Å². The third kappa shape index (κ3) is 3.32. The van der Waals surface area contributed by atoms with Crippen LogP contribution in [0.2, 0.25) is 0 Å². The van der Waals surface area contributed by atoms with E-state index in [1.165, 1.54) is 31.4 Å². The van der Waals surface area contributed by atoms with E-state index in [0.29, 0.717) is 28.7 Å². The van der Waals surface area contributed by atoms with E-state index in [1.807, 2.05) is 0 Å². The largest absolute Gasteiger partial charge is 0.355 e. The number of anilines is 1. The summed E-state index contributed by atoms with van der Waals surface area (Å²) in [6.45, 7) is 2.24. The molecule has 8 nitrogen and oxygen atoms in total. The molecule has 0 unspecified atom stereocenters. The summed E-state index contributed by atoms with van der Waals surface area (Å²) in [6, 6.07) is 5.42. The normalized spacial score (nSPS) is 10.6. The van der Waals surface area contributed by atoms with Gasteiger partial charge in [0.2, 0.25) is 5.95 Å². The van der Waals surface area contributed by atoms with Gasteiger partial charge in [0.25, 0.3) is 5.91 Å². The maximum absolute atomic E-state index is 14.3. The Labute approximate surface area is 148 Å². The number of hydrogen-bond acceptors (Lipinski definition) is 4. The van der Waals surface area contributed by atoms with E-state index in [0.717, 1.165) is 0 Å². The summed E-state index contributed by atoms with van der Waals surface area (Å²) in [4.78, 5) is 35.1. The molecule has 0 bridgehead atoms. The van der Waals surface area contributed by atoms with E-state index in [-0.39, 0.29) is 17.5 Å². The fourth-order valence-electron chi connectivity index (χ4n) is 2.53. The fourth-order valence-corrected chi connectivity index (χ4v) is 2.53. The fraction of sp³-hybridized carbons (Fsp3) is 0.176. The Morgan fingerprint density at radius 3 is 2.81 bits per heavy atom. The Hall–Kier alpha value is -3.49. The van der Waals surface area contributed by atoms with E-state index in [2.05, 4.69) is 30.9 Å². The minimum atomic E-state index is -0.538. The van der Waals surface area contributed by atoms with Gasteiger partial charge >= 0.3 is 6.03 Å². The molecule has 0 aliphatic rings. The Morgan fingerprint density at radius 2 is 2.12 bits per heavy atom. The standard InChI is InChI=1S/C17H17FN6O2/c1-3-20-17(26)24-16-22-12-8-9(15(25)19-2)7-10(14(12)23-16)13-11(18)5-4-6-21-13/h4-8H,3H2,1-2H3,(H,19,25)(H3,20,22,23,24,26). The van der Waals surface area contributed by atoms with Crippen LogP contribution in [-0.4, -0.2) is 40.5 Å². The van der Waals surface area contributed by atoms with E-state index in [1.54, 1.807) is 13.0 Å². The van der Waals surface area contributed by atoms with Crippen molar-refractivity contribution in [1.82, 2.24) is 25.6 Å². The second kappa shape index (κ2) is 7.18. The number of aromatic nitrogens is 3. The zero-order valence-electron chi connectivity index (χ0n) is 14.2. The lowest BCUT2D eigenvalue weighted by Crippen LogP contribution is -2.28. The Kier molecular flexibility index (Phi) is 4.78. The number of nitrogens with zero attached hydrogens (tertiary/aromatic N) is 2. The van der Waals surface area contributed by atoms with Gasteiger partial charge in [-0.05, 0) is 31.2 Å². The molecule has 0 aliphatic heterocycles. The average molecular weight is 356 g/mol. The highest BCUT2D eigenvalue weighted by atomic mass is 19.1. The first kappa shape index (κ1) is 17.3. The van der Waals surface area contributed by atoms with Crippen molar-refractivity contribution in [2.24, 2.45) is 0 Å². The maximum atomic E-state index is 14.3. The molecule has 0 aliphatic carbocycles. The number of carbonyl (C=O) groups is 2. The second-order valence-electron chi connectivity index (χ2n) is 5.40. The highest BCUT2D eigenvalue weighted by molar-refractivity contribution is 6.03. The van der Waals surface area contributed by atoms with Crippen molar-refractivity contribution in [3.63, 3.8) is 0 Å². The molecule has 0 atom stereocenters. The van der Waals surface area contributed by atoms with Crippen molar-refractivity contribution in [3.8, 4) is 11.3 Å². The molecule has 0 fully saturated rings. The van der Waals surface area contributed by atoms with Crippen molar-refractivity contribution >= 4 is 28.9 Å². The van der Waals surface area contributed by atoms with Crippen molar-refractivity contribution < 1.29 is 14.0 Å². The van der Waals surface area contributed by atoms with Crippen molar-refractivity contribution in [1.29, 1.82) is 0 Å².